The molecule has 2 aromatic rings. The van der Waals surface area contributed by atoms with Crippen molar-refractivity contribution in [2.24, 2.45) is 0 Å². The number of benzene rings is 2. The van der Waals surface area contributed by atoms with Crippen LogP contribution in [0.1, 0.15) is 38.7 Å². The molecule has 0 aliphatic carbocycles. The van der Waals surface area contributed by atoms with Crippen LogP contribution < -0.4 is 0 Å². The summed E-state index contributed by atoms with van der Waals surface area (Å²) >= 11 is 0. The lowest BCUT2D eigenvalue weighted by atomic mass is 9.74. The van der Waals surface area contributed by atoms with Crippen LogP contribution in [0.3, 0.4) is 0 Å². The van der Waals surface area contributed by atoms with Gasteiger partial charge in [0.15, 0.2) is 0 Å². The largest absolute Gasteiger partial charge is 0.394 e. The number of nitrogens with zero attached hydrogens (tertiary/aromatic N) is 2. The Hall–Kier alpha value is -2.66. The van der Waals surface area contributed by atoms with Crippen LogP contribution in [0, 0.1) is 0 Å². The van der Waals surface area contributed by atoms with Crippen molar-refractivity contribution in [2.75, 3.05) is 19.7 Å². The Labute approximate surface area is 172 Å². The molecule has 1 fully saturated rings. The zero-order valence-corrected chi connectivity index (χ0v) is 17.4. The first kappa shape index (κ1) is 21.1. The molecule has 3 atom stereocenters. The molecule has 2 amide bonds. The first-order chi connectivity index (χ1) is 14.0. The minimum absolute atomic E-state index is 0.00187. The van der Waals surface area contributed by atoms with Gasteiger partial charge in [-0.1, -0.05) is 61.5 Å². The Morgan fingerprint density at radius 1 is 0.966 bits per heavy atom. The molecule has 154 valence electrons. The normalized spacial score (nSPS) is 20.8. The molecule has 1 aliphatic rings. The SMILES string of the molecule is CCC(=O)N1[C@H](CN(CC)C(C)=O)[C@@H](c2ccc(-c3ccccc3)cc2)[C@@H]1CO. The van der Waals surface area contributed by atoms with Crippen molar-refractivity contribution in [2.45, 2.75) is 45.2 Å². The predicted molar refractivity (Wildman–Crippen MR) is 114 cm³/mol. The number of likely N-dealkylation sites (tertiary alicyclic amines) is 1. The van der Waals surface area contributed by atoms with Gasteiger partial charge in [-0.05, 0) is 23.6 Å². The monoisotopic (exact) mass is 394 g/mol. The molecule has 3 rings (SSSR count). The highest BCUT2D eigenvalue weighted by atomic mass is 16.3. The maximum absolute atomic E-state index is 12.5. The number of amides is 2. The summed E-state index contributed by atoms with van der Waals surface area (Å²) in [6, 6.07) is 18.1. The lowest BCUT2D eigenvalue weighted by molar-refractivity contribution is -0.154. The summed E-state index contributed by atoms with van der Waals surface area (Å²) in [5.74, 6) is 0.0292. The highest BCUT2D eigenvalue weighted by Gasteiger charge is 2.51. The molecule has 0 aromatic heterocycles. The number of aliphatic hydroxyl groups excluding tert-OH is 1. The summed E-state index contributed by atoms with van der Waals surface area (Å²) in [7, 11) is 0. The van der Waals surface area contributed by atoms with Crippen LogP contribution in [0.4, 0.5) is 0 Å². The number of hydrogen-bond acceptors (Lipinski definition) is 3. The number of hydrogen-bond donors (Lipinski definition) is 1. The quantitative estimate of drug-likeness (QED) is 0.784. The third-order valence-corrected chi connectivity index (χ3v) is 5.96. The van der Waals surface area contributed by atoms with Crippen LogP contribution in [-0.2, 0) is 9.59 Å². The maximum Gasteiger partial charge on any atom is 0.222 e. The fourth-order valence-corrected chi connectivity index (χ4v) is 4.38. The molecular weight excluding hydrogens is 364 g/mol. The smallest absolute Gasteiger partial charge is 0.222 e. The van der Waals surface area contributed by atoms with E-state index in [9.17, 15) is 14.7 Å². The van der Waals surface area contributed by atoms with Gasteiger partial charge in [-0.3, -0.25) is 9.59 Å². The minimum Gasteiger partial charge on any atom is -0.394 e. The Balaban J connectivity index is 1.89. The summed E-state index contributed by atoms with van der Waals surface area (Å²) in [6.45, 7) is 6.33. The Morgan fingerprint density at radius 3 is 2.10 bits per heavy atom. The van der Waals surface area contributed by atoms with Crippen molar-refractivity contribution in [1.29, 1.82) is 0 Å². The Kier molecular flexibility index (Phi) is 6.70. The number of carbonyl (C=O) groups excluding carboxylic acids is 2. The first-order valence-electron chi connectivity index (χ1n) is 10.3. The van der Waals surface area contributed by atoms with E-state index in [4.69, 9.17) is 0 Å². The van der Waals surface area contributed by atoms with E-state index in [1.54, 1.807) is 16.7 Å². The van der Waals surface area contributed by atoms with Crippen molar-refractivity contribution >= 4 is 11.8 Å². The van der Waals surface area contributed by atoms with Crippen molar-refractivity contribution in [3.05, 3.63) is 60.2 Å². The average Bonchev–Trinajstić information content (AvgIpc) is 2.74. The van der Waals surface area contributed by atoms with E-state index in [1.807, 2.05) is 32.0 Å². The summed E-state index contributed by atoms with van der Waals surface area (Å²) in [4.78, 5) is 28.0. The highest BCUT2D eigenvalue weighted by molar-refractivity contribution is 5.79. The van der Waals surface area contributed by atoms with Gasteiger partial charge in [0.1, 0.15) is 0 Å². The average molecular weight is 395 g/mol. The fraction of sp³-hybridized carbons (Fsp3) is 0.417. The highest BCUT2D eigenvalue weighted by Crippen LogP contribution is 2.42. The van der Waals surface area contributed by atoms with Crippen LogP contribution >= 0.6 is 0 Å². The zero-order valence-electron chi connectivity index (χ0n) is 17.4. The fourth-order valence-electron chi connectivity index (χ4n) is 4.38. The van der Waals surface area contributed by atoms with E-state index in [-0.39, 0.29) is 36.4 Å². The molecule has 0 saturated carbocycles. The molecule has 5 nitrogen and oxygen atoms in total. The van der Waals surface area contributed by atoms with Gasteiger partial charge in [0.2, 0.25) is 11.8 Å². The van der Waals surface area contributed by atoms with Crippen LogP contribution in [-0.4, -0.2) is 58.5 Å². The van der Waals surface area contributed by atoms with E-state index in [2.05, 4.69) is 36.4 Å². The second kappa shape index (κ2) is 9.23. The third kappa shape index (κ3) is 4.20. The predicted octanol–water partition coefficient (Wildman–Crippen LogP) is 3.29. The molecule has 1 N–H and O–H groups in total. The topological polar surface area (TPSA) is 60.9 Å². The summed E-state index contributed by atoms with van der Waals surface area (Å²) < 4.78 is 0. The molecule has 29 heavy (non-hydrogen) atoms. The van der Waals surface area contributed by atoms with E-state index >= 15 is 0 Å². The molecule has 1 heterocycles. The van der Waals surface area contributed by atoms with Crippen molar-refractivity contribution in [3.8, 4) is 11.1 Å². The van der Waals surface area contributed by atoms with Gasteiger partial charge in [0.05, 0.1) is 18.7 Å². The van der Waals surface area contributed by atoms with Crippen molar-refractivity contribution in [1.82, 2.24) is 9.80 Å². The second-order valence-electron chi connectivity index (χ2n) is 7.54. The van der Waals surface area contributed by atoms with Gasteiger partial charge in [-0.2, -0.15) is 0 Å². The Morgan fingerprint density at radius 2 is 1.59 bits per heavy atom. The molecule has 1 saturated heterocycles. The molecule has 0 radical (unpaired) electrons. The number of likely N-dealkylation sites (N-methyl/N-ethyl adjacent to an activating group) is 1. The van der Waals surface area contributed by atoms with Crippen molar-refractivity contribution in [3.63, 3.8) is 0 Å². The maximum atomic E-state index is 12.5. The van der Waals surface area contributed by atoms with E-state index < -0.39 is 0 Å². The molecule has 5 heteroatoms. The lowest BCUT2D eigenvalue weighted by Gasteiger charge is -2.56. The van der Waals surface area contributed by atoms with E-state index in [1.165, 1.54) is 0 Å². The van der Waals surface area contributed by atoms with Gasteiger partial charge in [0, 0.05) is 32.4 Å². The molecule has 0 bridgehead atoms. The van der Waals surface area contributed by atoms with Crippen LogP contribution in [0.25, 0.3) is 11.1 Å². The van der Waals surface area contributed by atoms with Gasteiger partial charge in [-0.15, -0.1) is 0 Å². The number of rotatable bonds is 7. The molecular formula is C24H30N2O3. The van der Waals surface area contributed by atoms with Crippen molar-refractivity contribution < 1.29 is 14.7 Å². The number of aliphatic hydroxyl groups is 1. The number of carbonyl (C=O) groups is 2. The molecule has 0 spiro atoms. The van der Waals surface area contributed by atoms with Gasteiger partial charge < -0.3 is 14.9 Å². The van der Waals surface area contributed by atoms with Gasteiger partial charge in [-0.25, -0.2) is 0 Å². The first-order valence-corrected chi connectivity index (χ1v) is 10.3. The minimum atomic E-state index is -0.249. The van der Waals surface area contributed by atoms with Crippen LogP contribution in [0.5, 0.6) is 0 Å². The van der Waals surface area contributed by atoms with E-state index in [0.717, 1.165) is 16.7 Å². The zero-order chi connectivity index (χ0) is 21.0. The summed E-state index contributed by atoms with van der Waals surface area (Å²) in [5.41, 5.74) is 3.37. The van der Waals surface area contributed by atoms with Crippen LogP contribution in [0.15, 0.2) is 54.6 Å². The second-order valence-corrected chi connectivity index (χ2v) is 7.54. The third-order valence-electron chi connectivity index (χ3n) is 5.96. The Bertz CT molecular complexity index is 835. The molecule has 2 aromatic carbocycles. The molecule has 0 unspecified atom stereocenters. The standard InChI is InChI=1S/C24H30N2O3/c1-4-23(29)26-21(15-25(5-2)17(3)28)24(22(26)16-27)20-13-11-19(12-14-20)18-9-7-6-8-10-18/h6-14,21-22,24,27H,4-5,15-16H2,1-3H3/t21-,22+,24-/m1/s1. The lowest BCUT2D eigenvalue weighted by Crippen LogP contribution is -2.68. The van der Waals surface area contributed by atoms with Gasteiger partial charge >= 0.3 is 0 Å². The summed E-state index contributed by atoms with van der Waals surface area (Å²) in [5, 5.41) is 10.0. The van der Waals surface area contributed by atoms with E-state index in [0.29, 0.717) is 19.5 Å². The summed E-state index contributed by atoms with van der Waals surface area (Å²) in [6.07, 6.45) is 0.388. The van der Waals surface area contributed by atoms with Gasteiger partial charge in [0.25, 0.3) is 0 Å². The van der Waals surface area contributed by atoms with Crippen LogP contribution in [0.2, 0.25) is 0 Å². The molecule has 1 aliphatic heterocycles.